The van der Waals surface area contributed by atoms with E-state index in [1.54, 1.807) is 41.1 Å². The molecular weight excluding hydrogens is 288 g/mol. The van der Waals surface area contributed by atoms with Gasteiger partial charge in [-0.25, -0.2) is 0 Å². The molecule has 0 fully saturated rings. The van der Waals surface area contributed by atoms with E-state index in [2.05, 4.69) is 5.16 Å². The smallest absolute Gasteiger partial charge is 0.255 e. The first-order valence-electron chi connectivity index (χ1n) is 6.48. The minimum Gasteiger partial charge on any atom is -0.361 e. The fourth-order valence-electron chi connectivity index (χ4n) is 2.33. The predicted octanol–water partition coefficient (Wildman–Crippen LogP) is 3.76. The average molecular weight is 301 g/mol. The lowest BCUT2D eigenvalue weighted by molar-refractivity contribution is 0.393. The fraction of sp³-hybridized carbons (Fsp3) is 0.125. The van der Waals surface area contributed by atoms with Gasteiger partial charge in [0.25, 0.3) is 5.56 Å². The van der Waals surface area contributed by atoms with Crippen LogP contribution in [0.1, 0.15) is 11.5 Å². The summed E-state index contributed by atoms with van der Waals surface area (Å²) in [7, 11) is 0. The summed E-state index contributed by atoms with van der Waals surface area (Å²) < 4.78 is 6.77. The van der Waals surface area contributed by atoms with Crippen molar-refractivity contribution in [3.8, 4) is 16.8 Å². The molecule has 2 aromatic heterocycles. The highest BCUT2D eigenvalue weighted by atomic mass is 35.5. The zero-order chi connectivity index (χ0) is 15.0. The van der Waals surface area contributed by atoms with Crippen molar-refractivity contribution in [1.29, 1.82) is 0 Å². The Bertz CT molecular complexity index is 828. The van der Waals surface area contributed by atoms with Gasteiger partial charge in [0, 0.05) is 34.1 Å². The second-order valence-electron chi connectivity index (χ2n) is 4.80. The number of aryl methyl sites for hydroxylation is 2. The van der Waals surface area contributed by atoms with E-state index >= 15 is 0 Å². The standard InChI is InChI=1S/C16H13ClN2O2/c1-10-16(11(2)21-18-10)12-3-8-15(20)19(9-12)14-6-4-13(17)5-7-14/h3-9H,1-2H3. The molecule has 4 nitrogen and oxygen atoms in total. The van der Waals surface area contributed by atoms with E-state index in [0.717, 1.165) is 28.3 Å². The van der Waals surface area contributed by atoms with Gasteiger partial charge in [0.05, 0.1) is 5.69 Å². The van der Waals surface area contributed by atoms with Crippen molar-refractivity contribution in [2.45, 2.75) is 13.8 Å². The maximum absolute atomic E-state index is 12.1. The summed E-state index contributed by atoms with van der Waals surface area (Å²) in [5.74, 6) is 0.730. The molecule has 0 spiro atoms. The summed E-state index contributed by atoms with van der Waals surface area (Å²) in [4.78, 5) is 12.1. The normalized spacial score (nSPS) is 10.8. The molecule has 0 amide bonds. The van der Waals surface area contributed by atoms with Gasteiger partial charge >= 0.3 is 0 Å². The fourth-order valence-corrected chi connectivity index (χ4v) is 2.46. The number of rotatable bonds is 2. The molecule has 0 N–H and O–H groups in total. The second kappa shape index (κ2) is 5.22. The lowest BCUT2D eigenvalue weighted by atomic mass is 10.1. The number of nitrogens with zero attached hydrogens (tertiary/aromatic N) is 2. The molecule has 0 aliphatic carbocycles. The SMILES string of the molecule is Cc1noc(C)c1-c1ccc(=O)n(-c2ccc(Cl)cc2)c1. The lowest BCUT2D eigenvalue weighted by Gasteiger charge is -2.08. The Hall–Kier alpha value is -2.33. The molecule has 0 radical (unpaired) electrons. The number of halogens is 1. The van der Waals surface area contributed by atoms with Crippen LogP contribution in [0, 0.1) is 13.8 Å². The van der Waals surface area contributed by atoms with E-state index < -0.39 is 0 Å². The van der Waals surface area contributed by atoms with Gasteiger partial charge in [-0.15, -0.1) is 0 Å². The summed E-state index contributed by atoms with van der Waals surface area (Å²) in [6, 6.07) is 10.4. The van der Waals surface area contributed by atoms with Crippen molar-refractivity contribution >= 4 is 11.6 Å². The summed E-state index contributed by atoms with van der Waals surface area (Å²) >= 11 is 5.88. The van der Waals surface area contributed by atoms with Crippen LogP contribution in [0.4, 0.5) is 0 Å². The highest BCUT2D eigenvalue weighted by Crippen LogP contribution is 2.26. The third-order valence-corrected chi connectivity index (χ3v) is 3.59. The number of hydrogen-bond donors (Lipinski definition) is 0. The molecule has 3 aromatic rings. The van der Waals surface area contributed by atoms with E-state index in [1.807, 2.05) is 13.8 Å². The van der Waals surface area contributed by atoms with Crippen molar-refractivity contribution in [3.63, 3.8) is 0 Å². The summed E-state index contributed by atoms with van der Waals surface area (Å²) in [5, 5.41) is 4.58. The van der Waals surface area contributed by atoms with Crippen LogP contribution in [0.25, 0.3) is 16.8 Å². The highest BCUT2D eigenvalue weighted by molar-refractivity contribution is 6.30. The van der Waals surface area contributed by atoms with Gasteiger partial charge in [-0.2, -0.15) is 0 Å². The first kappa shape index (κ1) is 13.6. The van der Waals surface area contributed by atoms with Crippen LogP contribution in [0.5, 0.6) is 0 Å². The maximum Gasteiger partial charge on any atom is 0.255 e. The average Bonchev–Trinajstić information content (AvgIpc) is 2.80. The quantitative estimate of drug-likeness (QED) is 0.724. The summed E-state index contributed by atoms with van der Waals surface area (Å²) in [6.07, 6.45) is 1.79. The Morgan fingerprint density at radius 3 is 2.43 bits per heavy atom. The molecule has 0 unspecified atom stereocenters. The van der Waals surface area contributed by atoms with Crippen LogP contribution in [0.15, 0.2) is 51.9 Å². The maximum atomic E-state index is 12.1. The van der Waals surface area contributed by atoms with Crippen molar-refractivity contribution < 1.29 is 4.52 Å². The summed E-state index contributed by atoms with van der Waals surface area (Å²) in [5.41, 5.74) is 3.26. The van der Waals surface area contributed by atoms with Crippen LogP contribution in [-0.2, 0) is 0 Å². The predicted molar refractivity (Wildman–Crippen MR) is 82.0 cm³/mol. The molecule has 1 aromatic carbocycles. The molecule has 106 valence electrons. The van der Waals surface area contributed by atoms with Crippen molar-refractivity contribution in [3.05, 3.63) is 69.4 Å². The van der Waals surface area contributed by atoms with Gasteiger partial charge in [-0.1, -0.05) is 16.8 Å². The van der Waals surface area contributed by atoms with E-state index in [9.17, 15) is 4.79 Å². The van der Waals surface area contributed by atoms with E-state index in [1.165, 1.54) is 6.07 Å². The Morgan fingerprint density at radius 1 is 1.10 bits per heavy atom. The Labute approximate surface area is 126 Å². The topological polar surface area (TPSA) is 48.0 Å². The Kier molecular flexibility index (Phi) is 3.39. The second-order valence-corrected chi connectivity index (χ2v) is 5.24. The van der Waals surface area contributed by atoms with Gasteiger partial charge in [0.1, 0.15) is 5.76 Å². The zero-order valence-corrected chi connectivity index (χ0v) is 12.4. The first-order chi connectivity index (χ1) is 10.1. The van der Waals surface area contributed by atoms with Crippen LogP contribution in [-0.4, -0.2) is 9.72 Å². The van der Waals surface area contributed by atoms with Crippen molar-refractivity contribution in [2.24, 2.45) is 0 Å². The minimum atomic E-state index is -0.104. The molecular formula is C16H13ClN2O2. The van der Waals surface area contributed by atoms with Gasteiger partial charge in [0.2, 0.25) is 0 Å². The molecule has 21 heavy (non-hydrogen) atoms. The highest BCUT2D eigenvalue weighted by Gasteiger charge is 2.12. The lowest BCUT2D eigenvalue weighted by Crippen LogP contribution is -2.16. The number of pyridine rings is 1. The molecule has 0 bridgehead atoms. The van der Waals surface area contributed by atoms with E-state index in [0.29, 0.717) is 5.02 Å². The monoisotopic (exact) mass is 300 g/mol. The Balaban J connectivity index is 2.17. The van der Waals surface area contributed by atoms with Crippen molar-refractivity contribution in [2.75, 3.05) is 0 Å². The third kappa shape index (κ3) is 2.50. The number of benzene rings is 1. The Morgan fingerprint density at radius 2 is 1.81 bits per heavy atom. The third-order valence-electron chi connectivity index (χ3n) is 3.34. The molecule has 2 heterocycles. The molecule has 0 aliphatic heterocycles. The number of hydrogen-bond acceptors (Lipinski definition) is 3. The molecule has 0 atom stereocenters. The van der Waals surface area contributed by atoms with Gasteiger partial charge in [-0.3, -0.25) is 9.36 Å². The molecule has 0 aliphatic rings. The van der Waals surface area contributed by atoms with Gasteiger partial charge in [-0.05, 0) is 44.2 Å². The van der Waals surface area contributed by atoms with Crippen LogP contribution in [0.3, 0.4) is 0 Å². The van der Waals surface area contributed by atoms with E-state index in [-0.39, 0.29) is 5.56 Å². The van der Waals surface area contributed by atoms with Gasteiger partial charge < -0.3 is 4.52 Å². The van der Waals surface area contributed by atoms with Crippen LogP contribution < -0.4 is 5.56 Å². The largest absolute Gasteiger partial charge is 0.361 e. The van der Waals surface area contributed by atoms with Crippen LogP contribution in [0.2, 0.25) is 5.02 Å². The molecule has 5 heteroatoms. The zero-order valence-electron chi connectivity index (χ0n) is 11.6. The molecule has 0 saturated carbocycles. The van der Waals surface area contributed by atoms with Crippen LogP contribution >= 0.6 is 11.6 Å². The molecule has 3 rings (SSSR count). The van der Waals surface area contributed by atoms with Gasteiger partial charge in [0.15, 0.2) is 0 Å². The van der Waals surface area contributed by atoms with E-state index in [4.69, 9.17) is 16.1 Å². The first-order valence-corrected chi connectivity index (χ1v) is 6.86. The molecule has 0 saturated heterocycles. The minimum absolute atomic E-state index is 0.104. The number of aromatic nitrogens is 2. The summed E-state index contributed by atoms with van der Waals surface area (Å²) in [6.45, 7) is 3.73. The van der Waals surface area contributed by atoms with Crippen molar-refractivity contribution in [1.82, 2.24) is 9.72 Å².